The summed E-state index contributed by atoms with van der Waals surface area (Å²) in [6, 6.07) is 0. The fourth-order valence-electron chi connectivity index (χ4n) is 2.37. The number of carboxylic acids is 1. The summed E-state index contributed by atoms with van der Waals surface area (Å²) in [4.78, 5) is 11.0. The summed E-state index contributed by atoms with van der Waals surface area (Å²) in [5, 5.41) is 19.1. The van der Waals surface area contributed by atoms with Crippen LogP contribution in [0.15, 0.2) is 0 Å². The molecule has 0 amide bonds. The number of aliphatic hydroxyl groups is 1. The monoisotopic (exact) mass is 200 g/mol. The lowest BCUT2D eigenvalue weighted by molar-refractivity contribution is -0.166. The lowest BCUT2D eigenvalue weighted by Crippen LogP contribution is -2.45. The van der Waals surface area contributed by atoms with Gasteiger partial charge in [-0.15, -0.1) is 0 Å². The van der Waals surface area contributed by atoms with E-state index in [4.69, 9.17) is 5.11 Å². The highest BCUT2D eigenvalue weighted by molar-refractivity contribution is 5.77. The predicted molar refractivity (Wildman–Crippen MR) is 54.1 cm³/mol. The van der Waals surface area contributed by atoms with Crippen LogP contribution in [0, 0.1) is 5.92 Å². The van der Waals surface area contributed by atoms with Gasteiger partial charge >= 0.3 is 5.97 Å². The SMILES string of the molecule is CCC(O)(C(=O)O)C1CCCCCC1. The van der Waals surface area contributed by atoms with Crippen molar-refractivity contribution < 1.29 is 15.0 Å². The summed E-state index contributed by atoms with van der Waals surface area (Å²) in [5.74, 6) is -1.10. The zero-order valence-corrected chi connectivity index (χ0v) is 8.83. The molecule has 14 heavy (non-hydrogen) atoms. The normalized spacial score (nSPS) is 23.9. The Morgan fingerprint density at radius 1 is 1.29 bits per heavy atom. The van der Waals surface area contributed by atoms with Gasteiger partial charge in [0.15, 0.2) is 5.60 Å². The maximum atomic E-state index is 11.0. The zero-order valence-electron chi connectivity index (χ0n) is 8.83. The van der Waals surface area contributed by atoms with Crippen LogP contribution < -0.4 is 0 Å². The second-order valence-corrected chi connectivity index (χ2v) is 4.27. The molecule has 0 bridgehead atoms. The Balaban J connectivity index is 2.71. The molecular formula is C11H20O3. The smallest absolute Gasteiger partial charge is 0.335 e. The van der Waals surface area contributed by atoms with Crippen molar-refractivity contribution in [2.75, 3.05) is 0 Å². The van der Waals surface area contributed by atoms with E-state index in [0.29, 0.717) is 6.42 Å². The fraction of sp³-hybridized carbons (Fsp3) is 0.909. The summed E-state index contributed by atoms with van der Waals surface area (Å²) in [6.45, 7) is 1.75. The number of hydrogen-bond acceptors (Lipinski definition) is 2. The van der Waals surface area contributed by atoms with Crippen molar-refractivity contribution in [1.82, 2.24) is 0 Å². The highest BCUT2D eigenvalue weighted by Gasteiger charge is 2.41. The van der Waals surface area contributed by atoms with E-state index < -0.39 is 11.6 Å². The van der Waals surface area contributed by atoms with Crippen LogP contribution in [0.3, 0.4) is 0 Å². The van der Waals surface area contributed by atoms with Crippen molar-refractivity contribution >= 4 is 5.97 Å². The standard InChI is InChI=1S/C11H20O3/c1-2-11(14,10(12)13)9-7-5-3-4-6-8-9/h9,14H,2-8H2,1H3,(H,12,13). The Hall–Kier alpha value is -0.570. The molecule has 0 spiro atoms. The molecule has 0 aromatic rings. The largest absolute Gasteiger partial charge is 0.479 e. The predicted octanol–water partition coefficient (Wildman–Crippen LogP) is 2.18. The molecule has 1 rings (SSSR count). The van der Waals surface area contributed by atoms with Crippen LogP contribution in [0.4, 0.5) is 0 Å². The van der Waals surface area contributed by atoms with Crippen LogP contribution in [-0.2, 0) is 4.79 Å². The van der Waals surface area contributed by atoms with Crippen LogP contribution >= 0.6 is 0 Å². The summed E-state index contributed by atoms with van der Waals surface area (Å²) < 4.78 is 0. The van der Waals surface area contributed by atoms with Crippen molar-refractivity contribution in [3.8, 4) is 0 Å². The second kappa shape index (κ2) is 4.78. The van der Waals surface area contributed by atoms with Crippen molar-refractivity contribution in [3.05, 3.63) is 0 Å². The lowest BCUT2D eigenvalue weighted by Gasteiger charge is -2.30. The molecule has 82 valence electrons. The first-order valence-corrected chi connectivity index (χ1v) is 5.57. The van der Waals surface area contributed by atoms with Gasteiger partial charge in [0.2, 0.25) is 0 Å². The third-order valence-corrected chi connectivity index (χ3v) is 3.44. The molecule has 0 saturated heterocycles. The Morgan fingerprint density at radius 2 is 1.79 bits per heavy atom. The second-order valence-electron chi connectivity index (χ2n) is 4.27. The number of carboxylic acid groups (broad SMARTS) is 1. The topological polar surface area (TPSA) is 57.5 Å². The minimum atomic E-state index is -1.48. The summed E-state index contributed by atoms with van der Waals surface area (Å²) in [6.07, 6.45) is 6.49. The summed E-state index contributed by atoms with van der Waals surface area (Å²) in [7, 11) is 0. The first-order chi connectivity index (χ1) is 6.61. The minimum Gasteiger partial charge on any atom is -0.479 e. The van der Waals surface area contributed by atoms with Gasteiger partial charge in [-0.25, -0.2) is 4.79 Å². The lowest BCUT2D eigenvalue weighted by atomic mass is 9.80. The number of hydrogen-bond donors (Lipinski definition) is 2. The van der Waals surface area contributed by atoms with Crippen LogP contribution in [-0.4, -0.2) is 21.8 Å². The van der Waals surface area contributed by atoms with E-state index in [1.165, 1.54) is 12.8 Å². The van der Waals surface area contributed by atoms with E-state index in [2.05, 4.69) is 0 Å². The molecular weight excluding hydrogens is 180 g/mol. The van der Waals surface area contributed by atoms with Gasteiger partial charge in [0.1, 0.15) is 0 Å². The molecule has 1 saturated carbocycles. The maximum absolute atomic E-state index is 11.0. The molecule has 1 aliphatic rings. The first kappa shape index (κ1) is 11.5. The Kier molecular flexibility index (Phi) is 3.93. The average Bonchev–Trinajstić information content (AvgIpc) is 2.44. The van der Waals surface area contributed by atoms with Crippen molar-refractivity contribution in [1.29, 1.82) is 0 Å². The van der Waals surface area contributed by atoms with Gasteiger partial charge in [0, 0.05) is 0 Å². The number of aliphatic carboxylic acids is 1. The molecule has 0 aromatic heterocycles. The van der Waals surface area contributed by atoms with E-state index in [1.54, 1.807) is 6.92 Å². The quantitative estimate of drug-likeness (QED) is 0.686. The molecule has 3 nitrogen and oxygen atoms in total. The number of carbonyl (C=O) groups is 1. The van der Waals surface area contributed by atoms with Crippen LogP contribution in [0.5, 0.6) is 0 Å². The first-order valence-electron chi connectivity index (χ1n) is 5.57. The van der Waals surface area contributed by atoms with Gasteiger partial charge in [0.25, 0.3) is 0 Å². The van der Waals surface area contributed by atoms with Crippen molar-refractivity contribution in [2.45, 2.75) is 57.5 Å². The minimum absolute atomic E-state index is 0.0486. The molecule has 0 aromatic carbocycles. The Morgan fingerprint density at radius 3 is 2.14 bits per heavy atom. The maximum Gasteiger partial charge on any atom is 0.335 e. The van der Waals surface area contributed by atoms with E-state index in [1.807, 2.05) is 0 Å². The Labute approximate surface area is 85.1 Å². The van der Waals surface area contributed by atoms with Gasteiger partial charge < -0.3 is 10.2 Å². The molecule has 0 aliphatic heterocycles. The Bertz CT molecular complexity index is 195. The molecule has 1 aliphatic carbocycles. The highest BCUT2D eigenvalue weighted by atomic mass is 16.4. The molecule has 0 heterocycles. The molecule has 1 atom stereocenters. The summed E-state index contributed by atoms with van der Waals surface area (Å²) in [5.41, 5.74) is -1.48. The van der Waals surface area contributed by atoms with Crippen molar-refractivity contribution in [3.63, 3.8) is 0 Å². The van der Waals surface area contributed by atoms with Crippen molar-refractivity contribution in [2.24, 2.45) is 5.92 Å². The number of rotatable bonds is 3. The highest BCUT2D eigenvalue weighted by Crippen LogP contribution is 2.33. The third kappa shape index (κ3) is 2.27. The molecule has 1 fully saturated rings. The summed E-state index contributed by atoms with van der Waals surface area (Å²) >= 11 is 0. The van der Waals surface area contributed by atoms with E-state index in [9.17, 15) is 9.90 Å². The fourth-order valence-corrected chi connectivity index (χ4v) is 2.37. The van der Waals surface area contributed by atoms with Gasteiger partial charge in [-0.2, -0.15) is 0 Å². The molecule has 2 N–H and O–H groups in total. The van der Waals surface area contributed by atoms with E-state index in [-0.39, 0.29) is 5.92 Å². The zero-order chi connectivity index (χ0) is 10.6. The third-order valence-electron chi connectivity index (χ3n) is 3.44. The van der Waals surface area contributed by atoms with Crippen LogP contribution in [0.1, 0.15) is 51.9 Å². The van der Waals surface area contributed by atoms with Gasteiger partial charge in [-0.1, -0.05) is 32.6 Å². The molecule has 1 unspecified atom stereocenters. The molecule has 0 radical (unpaired) electrons. The van der Waals surface area contributed by atoms with Gasteiger partial charge in [0.05, 0.1) is 0 Å². The average molecular weight is 200 g/mol. The van der Waals surface area contributed by atoms with Gasteiger partial charge in [-0.3, -0.25) is 0 Å². The van der Waals surface area contributed by atoms with E-state index in [0.717, 1.165) is 25.7 Å². The molecule has 3 heteroatoms. The van der Waals surface area contributed by atoms with Gasteiger partial charge in [-0.05, 0) is 25.2 Å². The van der Waals surface area contributed by atoms with Crippen LogP contribution in [0.25, 0.3) is 0 Å². The van der Waals surface area contributed by atoms with Crippen LogP contribution in [0.2, 0.25) is 0 Å². The van der Waals surface area contributed by atoms with E-state index >= 15 is 0 Å².